The molecule has 0 saturated heterocycles. The van der Waals surface area contributed by atoms with Crippen molar-refractivity contribution in [3.05, 3.63) is 66.2 Å². The molecule has 132 valence electrons. The zero-order valence-electron chi connectivity index (χ0n) is 13.5. The van der Waals surface area contributed by atoms with Crippen LogP contribution in [0.15, 0.2) is 65.6 Å². The molecule has 0 bridgehead atoms. The second kappa shape index (κ2) is 8.32. The predicted molar refractivity (Wildman–Crippen MR) is 94.1 cm³/mol. The van der Waals surface area contributed by atoms with Crippen LogP contribution < -0.4 is 15.0 Å². The van der Waals surface area contributed by atoms with Gasteiger partial charge in [0.2, 0.25) is 0 Å². The van der Waals surface area contributed by atoms with Gasteiger partial charge >= 0.3 is 5.97 Å². The molecule has 0 spiro atoms. The lowest BCUT2D eigenvalue weighted by molar-refractivity contribution is 0.0697. The monoisotopic (exact) mass is 362 g/mol. The van der Waals surface area contributed by atoms with Crippen LogP contribution in [0.1, 0.15) is 17.3 Å². The molecule has 0 fully saturated rings. The van der Waals surface area contributed by atoms with Gasteiger partial charge < -0.3 is 15.3 Å². The minimum atomic E-state index is -4.02. The number of benzene rings is 2. The maximum absolute atomic E-state index is 12.5. The van der Waals surface area contributed by atoms with Gasteiger partial charge in [0.15, 0.2) is 0 Å². The third-order valence-corrected chi connectivity index (χ3v) is 4.41. The lowest BCUT2D eigenvalue weighted by Gasteiger charge is -2.13. The van der Waals surface area contributed by atoms with E-state index in [1.54, 1.807) is 42.5 Å². The van der Waals surface area contributed by atoms with E-state index in [4.69, 9.17) is 9.94 Å². The van der Waals surface area contributed by atoms with Gasteiger partial charge in [0.05, 0.1) is 11.3 Å². The Kier molecular flexibility index (Phi) is 6.15. The normalized spacial score (nSPS) is 11.4. The zero-order chi connectivity index (χ0) is 18.3. The number of carboxylic acid groups (broad SMARTS) is 1. The average molecular weight is 362 g/mol. The highest BCUT2D eigenvalue weighted by Gasteiger charge is 2.21. The summed E-state index contributed by atoms with van der Waals surface area (Å²) in [4.78, 5) is 18.1. The Bertz CT molecular complexity index is 864. The molecule has 3 N–H and O–H groups in total. The fourth-order valence-electron chi connectivity index (χ4n) is 1.96. The first kappa shape index (κ1) is 18.5. The number of hydrogen-bond acceptors (Lipinski definition) is 5. The van der Waals surface area contributed by atoms with Crippen molar-refractivity contribution in [3.63, 3.8) is 0 Å². The van der Waals surface area contributed by atoms with Crippen molar-refractivity contribution in [2.24, 2.45) is 0 Å². The molecule has 2 rings (SSSR count). The molecule has 0 aliphatic heterocycles. The smallest absolute Gasteiger partial charge is 0.335 e. The summed E-state index contributed by atoms with van der Waals surface area (Å²) in [6.07, 6.45) is 3.57. The van der Waals surface area contributed by atoms with E-state index in [2.05, 4.69) is 5.32 Å². The third-order valence-electron chi connectivity index (χ3n) is 3.17. The Morgan fingerprint density at radius 3 is 2.56 bits per heavy atom. The molecule has 0 saturated carbocycles. The first-order valence-electron chi connectivity index (χ1n) is 7.40. The summed E-state index contributed by atoms with van der Waals surface area (Å²) in [5.74, 6) is -0.816. The molecule has 7 nitrogen and oxygen atoms in total. The van der Waals surface area contributed by atoms with Gasteiger partial charge in [-0.1, -0.05) is 30.4 Å². The molecule has 0 unspecified atom stereocenters. The van der Waals surface area contributed by atoms with Crippen LogP contribution in [-0.2, 0) is 10.0 Å². The Hall–Kier alpha value is -2.84. The third kappa shape index (κ3) is 5.07. The molecule has 2 aromatic carbocycles. The Labute approximate surface area is 146 Å². The maximum atomic E-state index is 12.5. The summed E-state index contributed by atoms with van der Waals surface area (Å²) in [6, 6.07) is 12.1. The summed E-state index contributed by atoms with van der Waals surface area (Å²) in [7, 11) is -4.02. The van der Waals surface area contributed by atoms with Gasteiger partial charge in [-0.2, -0.15) is 0 Å². The van der Waals surface area contributed by atoms with E-state index in [1.807, 2.05) is 11.8 Å². The van der Waals surface area contributed by atoms with E-state index in [-0.39, 0.29) is 16.1 Å². The molecule has 0 aliphatic carbocycles. The standard InChI is InChI=1S/C17H18N2O5S/c1-2-3-11-18-15-12-13(17(20)21)9-10-16(15)25(22,23)19-24-14-7-5-4-6-8-14/h2-10,12,18-19H,11H2,1H3,(H,20,21). The zero-order valence-corrected chi connectivity index (χ0v) is 14.3. The van der Waals surface area contributed by atoms with Crippen LogP contribution >= 0.6 is 0 Å². The Morgan fingerprint density at radius 1 is 1.20 bits per heavy atom. The van der Waals surface area contributed by atoms with Gasteiger partial charge in [-0.15, -0.1) is 0 Å². The lowest BCUT2D eigenvalue weighted by atomic mass is 10.2. The van der Waals surface area contributed by atoms with Crippen LogP contribution in [0.4, 0.5) is 5.69 Å². The number of nitrogens with one attached hydrogen (secondary N) is 2. The number of carboxylic acids is 1. The summed E-state index contributed by atoms with van der Waals surface area (Å²) >= 11 is 0. The van der Waals surface area contributed by atoms with Crippen molar-refractivity contribution in [1.82, 2.24) is 4.89 Å². The van der Waals surface area contributed by atoms with E-state index in [1.165, 1.54) is 18.2 Å². The van der Waals surface area contributed by atoms with Crippen molar-refractivity contribution >= 4 is 21.7 Å². The molecule has 0 aromatic heterocycles. The summed E-state index contributed by atoms with van der Waals surface area (Å²) < 4.78 is 25.0. The van der Waals surface area contributed by atoms with Crippen LogP contribution in [0.3, 0.4) is 0 Å². The fourth-order valence-corrected chi connectivity index (χ4v) is 2.92. The number of sulfonamides is 1. The van der Waals surface area contributed by atoms with Gasteiger partial charge in [-0.05, 0) is 42.1 Å². The quantitative estimate of drug-likeness (QED) is 0.493. The molecular weight excluding hydrogens is 344 g/mol. The van der Waals surface area contributed by atoms with Crippen LogP contribution in [-0.4, -0.2) is 26.0 Å². The molecule has 0 atom stereocenters. The molecule has 0 heterocycles. The van der Waals surface area contributed by atoms with Crippen molar-refractivity contribution in [3.8, 4) is 5.75 Å². The Balaban J connectivity index is 2.29. The summed E-state index contributed by atoms with van der Waals surface area (Å²) in [5.41, 5.74) is 0.146. The minimum Gasteiger partial charge on any atom is -0.478 e. The second-order valence-electron chi connectivity index (χ2n) is 4.97. The van der Waals surface area contributed by atoms with Gasteiger partial charge in [0.1, 0.15) is 10.6 Å². The first-order chi connectivity index (χ1) is 11.9. The van der Waals surface area contributed by atoms with Gasteiger partial charge in [0, 0.05) is 6.54 Å². The molecule has 25 heavy (non-hydrogen) atoms. The van der Waals surface area contributed by atoms with Crippen molar-refractivity contribution in [2.75, 3.05) is 11.9 Å². The van der Waals surface area contributed by atoms with E-state index in [0.717, 1.165) is 0 Å². The number of rotatable bonds is 8. The van der Waals surface area contributed by atoms with E-state index < -0.39 is 16.0 Å². The van der Waals surface area contributed by atoms with E-state index in [0.29, 0.717) is 12.3 Å². The first-order valence-corrected chi connectivity index (χ1v) is 8.88. The molecule has 0 amide bonds. The highest BCUT2D eigenvalue weighted by Crippen LogP contribution is 2.23. The van der Waals surface area contributed by atoms with Crippen molar-refractivity contribution in [1.29, 1.82) is 0 Å². The highest BCUT2D eigenvalue weighted by molar-refractivity contribution is 7.89. The van der Waals surface area contributed by atoms with Crippen LogP contribution in [0.5, 0.6) is 5.75 Å². The number of anilines is 1. The van der Waals surface area contributed by atoms with Gasteiger partial charge in [0.25, 0.3) is 10.0 Å². The van der Waals surface area contributed by atoms with Gasteiger partial charge in [-0.3, -0.25) is 0 Å². The molecular formula is C17H18N2O5S. The number of carbonyl (C=O) groups is 1. The molecule has 0 radical (unpaired) electrons. The van der Waals surface area contributed by atoms with Crippen molar-refractivity contribution in [2.45, 2.75) is 11.8 Å². The van der Waals surface area contributed by atoms with Gasteiger partial charge in [-0.25, -0.2) is 13.2 Å². The van der Waals surface area contributed by atoms with E-state index >= 15 is 0 Å². The second-order valence-corrected chi connectivity index (χ2v) is 6.58. The number of hydrogen-bond donors (Lipinski definition) is 3. The summed E-state index contributed by atoms with van der Waals surface area (Å²) in [6.45, 7) is 2.17. The minimum absolute atomic E-state index is 0.0223. The number of para-hydroxylation sites is 1. The van der Waals surface area contributed by atoms with Crippen LogP contribution in [0, 0.1) is 0 Å². The molecule has 2 aromatic rings. The molecule has 8 heteroatoms. The topological polar surface area (TPSA) is 105 Å². The van der Waals surface area contributed by atoms with Crippen LogP contribution in [0.2, 0.25) is 0 Å². The highest BCUT2D eigenvalue weighted by atomic mass is 32.2. The predicted octanol–water partition coefficient (Wildman–Crippen LogP) is 2.65. The number of allylic oxidation sites excluding steroid dienone is 1. The molecule has 0 aliphatic rings. The number of aromatic carboxylic acids is 1. The Morgan fingerprint density at radius 2 is 1.92 bits per heavy atom. The maximum Gasteiger partial charge on any atom is 0.335 e. The van der Waals surface area contributed by atoms with E-state index in [9.17, 15) is 13.2 Å². The average Bonchev–Trinajstić information content (AvgIpc) is 2.61. The fraction of sp³-hybridized carbons (Fsp3) is 0.118. The van der Waals surface area contributed by atoms with Crippen LogP contribution in [0.25, 0.3) is 0 Å². The lowest BCUT2D eigenvalue weighted by Crippen LogP contribution is -2.28. The van der Waals surface area contributed by atoms with Crippen molar-refractivity contribution < 1.29 is 23.2 Å². The summed E-state index contributed by atoms with van der Waals surface area (Å²) in [5, 5.41) is 12.0. The largest absolute Gasteiger partial charge is 0.478 e. The SMILES string of the molecule is CC=CCNc1cc(C(=O)O)ccc1S(=O)(=O)NOc1ccccc1.